The number of benzene rings is 1. The minimum atomic E-state index is -0.599. The van der Waals surface area contributed by atoms with Gasteiger partial charge in [0.2, 0.25) is 5.78 Å². The maximum absolute atomic E-state index is 11.6. The predicted molar refractivity (Wildman–Crippen MR) is 86.1 cm³/mol. The van der Waals surface area contributed by atoms with Crippen LogP contribution in [-0.4, -0.2) is 24.1 Å². The molecule has 0 fully saturated rings. The summed E-state index contributed by atoms with van der Waals surface area (Å²) in [5, 5.41) is 9.41. The Balaban J connectivity index is 2.32. The van der Waals surface area contributed by atoms with Gasteiger partial charge in [0.05, 0.1) is 5.75 Å². The van der Waals surface area contributed by atoms with Crippen molar-refractivity contribution < 1.29 is 14.3 Å². The number of carbonyl (C=O) groups excluding carboxylic acids is 2. The van der Waals surface area contributed by atoms with Crippen LogP contribution in [0.4, 0.5) is 0 Å². The van der Waals surface area contributed by atoms with Gasteiger partial charge in [0.1, 0.15) is 11.6 Å². The second kappa shape index (κ2) is 9.13. The summed E-state index contributed by atoms with van der Waals surface area (Å²) in [5.41, 5.74) is 6.36. The highest BCUT2D eigenvalue weighted by Gasteiger charge is 2.14. The Hall–Kier alpha value is -1.97. The fraction of sp³-hybridized carbons (Fsp3) is 0.267. The van der Waals surface area contributed by atoms with Crippen LogP contribution in [-0.2, 0) is 20.1 Å². The van der Waals surface area contributed by atoms with Crippen molar-refractivity contribution in [3.05, 3.63) is 46.1 Å². The molecule has 7 heteroatoms. The number of carbonyl (C=O) groups is 2. The fourth-order valence-corrected chi connectivity index (χ4v) is 2.37. The summed E-state index contributed by atoms with van der Waals surface area (Å²) in [4.78, 5) is 23.1. The number of hydrogen-bond donors (Lipinski definition) is 1. The lowest BCUT2D eigenvalue weighted by Crippen LogP contribution is -2.18. The van der Waals surface area contributed by atoms with Crippen LogP contribution in [0.1, 0.15) is 12.5 Å². The molecule has 5 nitrogen and oxygen atoms in total. The summed E-state index contributed by atoms with van der Waals surface area (Å²) in [6.07, 6.45) is 0. The zero-order valence-corrected chi connectivity index (χ0v) is 13.5. The van der Waals surface area contributed by atoms with E-state index >= 15 is 0 Å². The van der Waals surface area contributed by atoms with Crippen LogP contribution in [0.3, 0.4) is 0 Å². The molecule has 0 bridgehead atoms. The molecule has 0 aliphatic rings. The van der Waals surface area contributed by atoms with E-state index in [1.54, 1.807) is 18.2 Å². The van der Waals surface area contributed by atoms with Crippen LogP contribution < -0.4 is 5.73 Å². The van der Waals surface area contributed by atoms with Gasteiger partial charge in [-0.1, -0.05) is 23.7 Å². The number of Topliss-reactive ketones (excluding diaryl/α,β-unsaturated/α-hetero) is 1. The average Bonchev–Trinajstić information content (AvgIpc) is 2.47. The number of rotatable bonds is 7. The van der Waals surface area contributed by atoms with Crippen LogP contribution in [0.5, 0.6) is 0 Å². The Kier molecular flexibility index (Phi) is 7.50. The monoisotopic (exact) mass is 338 g/mol. The number of ketones is 1. The van der Waals surface area contributed by atoms with E-state index in [-0.39, 0.29) is 17.0 Å². The van der Waals surface area contributed by atoms with Crippen LogP contribution >= 0.6 is 23.4 Å². The number of hydrogen-bond acceptors (Lipinski definition) is 6. The molecule has 0 radical (unpaired) electrons. The molecule has 1 aromatic carbocycles. The van der Waals surface area contributed by atoms with Crippen LogP contribution in [0, 0.1) is 11.3 Å². The highest BCUT2D eigenvalue weighted by Crippen LogP contribution is 2.15. The molecule has 0 amide bonds. The van der Waals surface area contributed by atoms with Crippen LogP contribution in [0.15, 0.2) is 35.5 Å². The Morgan fingerprint density at radius 3 is 2.55 bits per heavy atom. The van der Waals surface area contributed by atoms with Gasteiger partial charge in [-0.2, -0.15) is 5.26 Å². The molecule has 0 aromatic heterocycles. The third-order valence-corrected chi connectivity index (χ3v) is 3.78. The summed E-state index contributed by atoms with van der Waals surface area (Å²) < 4.78 is 4.82. The molecule has 1 aromatic rings. The van der Waals surface area contributed by atoms with Crippen molar-refractivity contribution in [3.63, 3.8) is 0 Å². The molecular weight excluding hydrogens is 324 g/mol. The normalized spacial score (nSPS) is 11.3. The van der Waals surface area contributed by atoms with Gasteiger partial charge in [0.15, 0.2) is 6.61 Å². The molecule has 0 aliphatic heterocycles. The number of halogens is 1. The standard InChI is InChI=1S/C15H15ClN2O3S/c1-10(18)13(6-17)14(19)7-21-15(20)9-22-8-11-2-4-12(16)5-3-11/h2-5H,7-9,18H2,1H3/b13-10-. The molecule has 0 aliphatic carbocycles. The van der Waals surface area contributed by atoms with E-state index in [1.165, 1.54) is 18.7 Å². The van der Waals surface area contributed by atoms with E-state index in [2.05, 4.69) is 0 Å². The molecule has 0 saturated carbocycles. The molecule has 0 saturated heterocycles. The number of nitrogens with two attached hydrogens (primary N) is 1. The number of allylic oxidation sites excluding steroid dienone is 1. The number of ether oxygens (including phenoxy) is 1. The van der Waals surface area contributed by atoms with Gasteiger partial charge in [-0.25, -0.2) is 0 Å². The summed E-state index contributed by atoms with van der Waals surface area (Å²) in [5.74, 6) is -0.368. The van der Waals surface area contributed by atoms with E-state index in [0.29, 0.717) is 10.8 Å². The SMILES string of the molecule is C/C(N)=C(\C#N)C(=O)COC(=O)CSCc1ccc(Cl)cc1. The topological polar surface area (TPSA) is 93.2 Å². The van der Waals surface area contributed by atoms with Gasteiger partial charge >= 0.3 is 5.97 Å². The zero-order chi connectivity index (χ0) is 16.5. The maximum atomic E-state index is 11.6. The molecule has 1 rings (SSSR count). The van der Waals surface area contributed by atoms with Gasteiger partial charge in [-0.15, -0.1) is 11.8 Å². The third-order valence-electron chi connectivity index (χ3n) is 2.55. The third kappa shape index (κ3) is 6.20. The first-order valence-electron chi connectivity index (χ1n) is 6.31. The maximum Gasteiger partial charge on any atom is 0.316 e. The summed E-state index contributed by atoms with van der Waals surface area (Å²) >= 11 is 7.14. The Labute approximate surface area is 138 Å². The van der Waals surface area contributed by atoms with Crippen molar-refractivity contribution >= 4 is 35.1 Å². The zero-order valence-electron chi connectivity index (χ0n) is 12.0. The van der Waals surface area contributed by atoms with E-state index in [9.17, 15) is 9.59 Å². The Morgan fingerprint density at radius 2 is 2.00 bits per heavy atom. The number of nitriles is 1. The van der Waals surface area contributed by atoms with E-state index < -0.39 is 18.4 Å². The summed E-state index contributed by atoms with van der Waals surface area (Å²) in [7, 11) is 0. The summed E-state index contributed by atoms with van der Waals surface area (Å²) in [6.45, 7) is 0.970. The molecular formula is C15H15ClN2O3S. The Bertz CT molecular complexity index is 617. The molecule has 0 unspecified atom stereocenters. The first kappa shape index (κ1) is 18.1. The van der Waals surface area contributed by atoms with Crippen LogP contribution in [0.25, 0.3) is 0 Å². The quantitative estimate of drug-likeness (QED) is 0.466. The number of thioether (sulfide) groups is 1. The largest absolute Gasteiger partial charge is 0.457 e. The van der Waals surface area contributed by atoms with E-state index in [4.69, 9.17) is 27.3 Å². The van der Waals surface area contributed by atoms with Gasteiger partial charge in [0, 0.05) is 16.5 Å². The molecule has 22 heavy (non-hydrogen) atoms. The van der Waals surface area contributed by atoms with Gasteiger partial charge in [0.25, 0.3) is 0 Å². The molecule has 2 N–H and O–H groups in total. The van der Waals surface area contributed by atoms with Gasteiger partial charge < -0.3 is 10.5 Å². The van der Waals surface area contributed by atoms with Crippen molar-refractivity contribution in [2.24, 2.45) is 5.73 Å². The lowest BCUT2D eigenvalue weighted by Gasteiger charge is -2.05. The van der Waals surface area contributed by atoms with Crippen molar-refractivity contribution in [2.45, 2.75) is 12.7 Å². The molecule has 0 spiro atoms. The van der Waals surface area contributed by atoms with E-state index in [0.717, 1.165) is 5.56 Å². The average molecular weight is 339 g/mol. The van der Waals surface area contributed by atoms with Crippen molar-refractivity contribution in [1.29, 1.82) is 5.26 Å². The van der Waals surface area contributed by atoms with Crippen molar-refractivity contribution in [1.82, 2.24) is 0 Å². The first-order valence-corrected chi connectivity index (χ1v) is 7.84. The van der Waals surface area contributed by atoms with Crippen molar-refractivity contribution in [2.75, 3.05) is 12.4 Å². The van der Waals surface area contributed by atoms with Gasteiger partial charge in [-0.3, -0.25) is 9.59 Å². The lowest BCUT2D eigenvalue weighted by atomic mass is 10.1. The number of nitrogens with zero attached hydrogens (tertiary/aromatic N) is 1. The minimum absolute atomic E-state index is 0.112. The predicted octanol–water partition coefficient (Wildman–Crippen LogP) is 2.44. The lowest BCUT2D eigenvalue weighted by molar-refractivity contribution is -0.144. The number of esters is 1. The van der Waals surface area contributed by atoms with E-state index in [1.807, 2.05) is 12.1 Å². The van der Waals surface area contributed by atoms with Gasteiger partial charge in [-0.05, 0) is 24.6 Å². The minimum Gasteiger partial charge on any atom is -0.457 e. The smallest absolute Gasteiger partial charge is 0.316 e. The highest BCUT2D eigenvalue weighted by molar-refractivity contribution is 7.99. The molecule has 116 valence electrons. The molecule has 0 atom stereocenters. The summed E-state index contributed by atoms with van der Waals surface area (Å²) in [6, 6.07) is 8.99. The fourth-order valence-electron chi connectivity index (χ4n) is 1.46. The second-order valence-corrected chi connectivity index (χ2v) is 5.79. The Morgan fingerprint density at radius 1 is 1.36 bits per heavy atom. The molecule has 0 heterocycles. The van der Waals surface area contributed by atoms with Crippen molar-refractivity contribution in [3.8, 4) is 6.07 Å². The van der Waals surface area contributed by atoms with Crippen LogP contribution in [0.2, 0.25) is 5.02 Å². The first-order chi connectivity index (χ1) is 10.4. The second-order valence-electron chi connectivity index (χ2n) is 4.37. The highest BCUT2D eigenvalue weighted by atomic mass is 35.5.